The van der Waals surface area contributed by atoms with Crippen LogP contribution in [0.3, 0.4) is 0 Å². The lowest BCUT2D eigenvalue weighted by Crippen LogP contribution is -2.38. The van der Waals surface area contributed by atoms with E-state index in [1.165, 1.54) is 5.56 Å². The van der Waals surface area contributed by atoms with Crippen LogP contribution in [0, 0.1) is 0 Å². The van der Waals surface area contributed by atoms with E-state index < -0.39 is 0 Å². The third-order valence-corrected chi connectivity index (χ3v) is 3.33. The molecular weight excluding hydrogens is 212 g/mol. The van der Waals surface area contributed by atoms with Crippen molar-refractivity contribution in [3.05, 3.63) is 23.9 Å². The molecule has 1 aromatic rings. The standard InChI is InChI=1S/C14H22N2O/c1-14(2,3)11-6-7-13(15-9-11)16-8-4-5-12(17)10-16/h6-7,9,12,17H,4-5,8,10H2,1-3H3/t12-/m0/s1. The van der Waals surface area contributed by atoms with E-state index in [0.717, 1.165) is 25.2 Å². The molecule has 0 unspecified atom stereocenters. The summed E-state index contributed by atoms with van der Waals surface area (Å²) in [6, 6.07) is 4.21. The smallest absolute Gasteiger partial charge is 0.128 e. The van der Waals surface area contributed by atoms with Crippen molar-refractivity contribution >= 4 is 5.82 Å². The maximum atomic E-state index is 9.66. The second kappa shape index (κ2) is 4.65. The minimum atomic E-state index is -0.201. The molecule has 0 amide bonds. The SMILES string of the molecule is CC(C)(C)c1ccc(N2CCC[C@H](O)C2)nc1. The van der Waals surface area contributed by atoms with Crippen molar-refractivity contribution in [2.24, 2.45) is 0 Å². The number of aliphatic hydroxyl groups is 1. The molecule has 1 N–H and O–H groups in total. The van der Waals surface area contributed by atoms with Gasteiger partial charge in [-0.15, -0.1) is 0 Å². The number of nitrogens with zero attached hydrogens (tertiary/aromatic N) is 2. The Hall–Kier alpha value is -1.09. The normalized spacial score (nSPS) is 21.6. The van der Waals surface area contributed by atoms with Gasteiger partial charge in [0, 0.05) is 19.3 Å². The Morgan fingerprint density at radius 2 is 2.12 bits per heavy atom. The first-order chi connectivity index (χ1) is 7.97. The quantitative estimate of drug-likeness (QED) is 0.810. The average molecular weight is 234 g/mol. The van der Waals surface area contributed by atoms with Crippen molar-refractivity contribution in [2.45, 2.75) is 45.1 Å². The highest BCUT2D eigenvalue weighted by atomic mass is 16.3. The first-order valence-electron chi connectivity index (χ1n) is 6.36. The van der Waals surface area contributed by atoms with Gasteiger partial charge in [-0.2, -0.15) is 0 Å². The lowest BCUT2D eigenvalue weighted by molar-refractivity contribution is 0.154. The molecule has 94 valence electrons. The Bertz CT molecular complexity index is 367. The summed E-state index contributed by atoms with van der Waals surface area (Å²) in [5, 5.41) is 9.66. The molecule has 0 radical (unpaired) electrons. The molecule has 3 heteroatoms. The van der Waals surface area contributed by atoms with Crippen LogP contribution in [0.5, 0.6) is 0 Å². The zero-order chi connectivity index (χ0) is 12.5. The van der Waals surface area contributed by atoms with Gasteiger partial charge in [0.05, 0.1) is 6.10 Å². The van der Waals surface area contributed by atoms with Gasteiger partial charge in [-0.1, -0.05) is 26.8 Å². The zero-order valence-corrected chi connectivity index (χ0v) is 11.0. The number of hydrogen-bond acceptors (Lipinski definition) is 3. The summed E-state index contributed by atoms with van der Waals surface area (Å²) in [6.45, 7) is 8.28. The van der Waals surface area contributed by atoms with Gasteiger partial charge in [-0.05, 0) is 29.9 Å². The van der Waals surface area contributed by atoms with Crippen LogP contribution >= 0.6 is 0 Å². The monoisotopic (exact) mass is 234 g/mol. The summed E-state index contributed by atoms with van der Waals surface area (Å²) < 4.78 is 0. The third-order valence-electron chi connectivity index (χ3n) is 3.33. The van der Waals surface area contributed by atoms with Crippen molar-refractivity contribution in [1.29, 1.82) is 0 Å². The Morgan fingerprint density at radius 1 is 1.35 bits per heavy atom. The fourth-order valence-corrected chi connectivity index (χ4v) is 2.18. The van der Waals surface area contributed by atoms with Crippen LogP contribution in [0.4, 0.5) is 5.82 Å². The third kappa shape index (κ3) is 2.97. The Balaban J connectivity index is 2.12. The Morgan fingerprint density at radius 3 is 2.65 bits per heavy atom. The van der Waals surface area contributed by atoms with Crippen LogP contribution in [-0.4, -0.2) is 29.3 Å². The van der Waals surface area contributed by atoms with E-state index in [9.17, 15) is 5.11 Å². The predicted octanol–water partition coefficient (Wildman–Crippen LogP) is 2.34. The number of anilines is 1. The van der Waals surface area contributed by atoms with Crippen LogP contribution in [0.1, 0.15) is 39.2 Å². The first-order valence-corrected chi connectivity index (χ1v) is 6.36. The zero-order valence-electron chi connectivity index (χ0n) is 11.0. The van der Waals surface area contributed by atoms with Crippen LogP contribution in [0.2, 0.25) is 0 Å². The van der Waals surface area contributed by atoms with Crippen molar-refractivity contribution in [3.8, 4) is 0 Å². The molecule has 0 aromatic carbocycles. The van der Waals surface area contributed by atoms with Crippen LogP contribution in [0.15, 0.2) is 18.3 Å². The van der Waals surface area contributed by atoms with E-state index in [0.29, 0.717) is 6.54 Å². The molecule has 0 aliphatic carbocycles. The number of aromatic nitrogens is 1. The lowest BCUT2D eigenvalue weighted by Gasteiger charge is -2.31. The fraction of sp³-hybridized carbons (Fsp3) is 0.643. The minimum Gasteiger partial charge on any atom is -0.391 e. The largest absolute Gasteiger partial charge is 0.391 e. The summed E-state index contributed by atoms with van der Waals surface area (Å²) in [7, 11) is 0. The van der Waals surface area contributed by atoms with Gasteiger partial charge in [0.15, 0.2) is 0 Å². The molecule has 1 aromatic heterocycles. The Kier molecular flexibility index (Phi) is 3.38. The van der Waals surface area contributed by atoms with E-state index in [2.05, 4.69) is 42.8 Å². The van der Waals surface area contributed by atoms with Crippen molar-refractivity contribution in [1.82, 2.24) is 4.98 Å². The number of β-amino-alcohol motifs (C(OH)–C–C–N with tert-alkyl or cyclic N) is 1. The number of rotatable bonds is 1. The van der Waals surface area contributed by atoms with E-state index in [4.69, 9.17) is 0 Å². The second-order valence-electron chi connectivity index (χ2n) is 5.90. The van der Waals surface area contributed by atoms with Crippen LogP contribution in [-0.2, 0) is 5.41 Å². The summed E-state index contributed by atoms with van der Waals surface area (Å²) in [4.78, 5) is 6.69. The van der Waals surface area contributed by atoms with Gasteiger partial charge in [0.1, 0.15) is 5.82 Å². The molecule has 2 heterocycles. The highest BCUT2D eigenvalue weighted by Crippen LogP contribution is 2.24. The number of piperidine rings is 1. The predicted molar refractivity (Wildman–Crippen MR) is 70.4 cm³/mol. The van der Waals surface area contributed by atoms with Gasteiger partial charge < -0.3 is 10.0 Å². The maximum absolute atomic E-state index is 9.66. The van der Waals surface area contributed by atoms with Crippen molar-refractivity contribution < 1.29 is 5.11 Å². The van der Waals surface area contributed by atoms with E-state index in [-0.39, 0.29) is 11.5 Å². The van der Waals surface area contributed by atoms with Crippen LogP contribution < -0.4 is 4.90 Å². The molecule has 0 saturated carbocycles. The number of aliphatic hydroxyl groups excluding tert-OH is 1. The summed E-state index contributed by atoms with van der Waals surface area (Å²) in [5.41, 5.74) is 1.39. The van der Waals surface area contributed by atoms with E-state index >= 15 is 0 Å². The highest BCUT2D eigenvalue weighted by Gasteiger charge is 2.19. The summed E-state index contributed by atoms with van der Waals surface area (Å²) in [6.07, 6.45) is 3.71. The summed E-state index contributed by atoms with van der Waals surface area (Å²) in [5.74, 6) is 0.983. The molecule has 1 aliphatic rings. The molecule has 2 rings (SSSR count). The molecule has 1 saturated heterocycles. The topological polar surface area (TPSA) is 36.4 Å². The molecule has 1 fully saturated rings. The lowest BCUT2D eigenvalue weighted by atomic mass is 9.88. The molecule has 17 heavy (non-hydrogen) atoms. The van der Waals surface area contributed by atoms with Gasteiger partial charge >= 0.3 is 0 Å². The van der Waals surface area contributed by atoms with Gasteiger partial charge in [0.25, 0.3) is 0 Å². The highest BCUT2D eigenvalue weighted by molar-refractivity contribution is 5.41. The average Bonchev–Trinajstić information content (AvgIpc) is 2.28. The molecule has 0 bridgehead atoms. The number of hydrogen-bond donors (Lipinski definition) is 1. The van der Waals surface area contributed by atoms with Gasteiger partial charge in [-0.3, -0.25) is 0 Å². The molecule has 0 spiro atoms. The van der Waals surface area contributed by atoms with Gasteiger partial charge in [0.2, 0.25) is 0 Å². The van der Waals surface area contributed by atoms with E-state index in [1.54, 1.807) is 0 Å². The molecule has 1 atom stereocenters. The molecule has 1 aliphatic heterocycles. The summed E-state index contributed by atoms with van der Waals surface area (Å²) >= 11 is 0. The second-order valence-corrected chi connectivity index (χ2v) is 5.90. The first kappa shape index (κ1) is 12.4. The number of pyridine rings is 1. The molecular formula is C14H22N2O. The van der Waals surface area contributed by atoms with Crippen molar-refractivity contribution in [2.75, 3.05) is 18.0 Å². The fourth-order valence-electron chi connectivity index (χ4n) is 2.18. The van der Waals surface area contributed by atoms with E-state index in [1.807, 2.05) is 6.20 Å². The molecule has 3 nitrogen and oxygen atoms in total. The Labute approximate surface area is 103 Å². The maximum Gasteiger partial charge on any atom is 0.128 e. The minimum absolute atomic E-state index is 0.146. The van der Waals surface area contributed by atoms with Gasteiger partial charge in [-0.25, -0.2) is 4.98 Å². The van der Waals surface area contributed by atoms with Crippen molar-refractivity contribution in [3.63, 3.8) is 0 Å². The van der Waals surface area contributed by atoms with Crippen LogP contribution in [0.25, 0.3) is 0 Å².